The molecule has 0 saturated carbocycles. The van der Waals surface area contributed by atoms with Gasteiger partial charge in [-0.2, -0.15) is 0 Å². The van der Waals surface area contributed by atoms with Crippen LogP contribution in [0, 0.1) is 5.82 Å². The van der Waals surface area contributed by atoms with Gasteiger partial charge in [0, 0.05) is 22.9 Å². The van der Waals surface area contributed by atoms with E-state index in [1.165, 1.54) is 6.07 Å². The number of nitrogens with one attached hydrogen (secondary N) is 1. The Hall–Kier alpha value is -2.62. The van der Waals surface area contributed by atoms with Gasteiger partial charge in [-0.15, -0.1) is 0 Å². The molecule has 0 spiro atoms. The molecule has 0 aliphatic carbocycles. The van der Waals surface area contributed by atoms with Crippen molar-refractivity contribution in [3.8, 4) is 11.3 Å². The minimum absolute atomic E-state index is 0.239. The molecule has 0 saturated heterocycles. The van der Waals surface area contributed by atoms with E-state index in [0.29, 0.717) is 18.6 Å². The van der Waals surface area contributed by atoms with E-state index in [-0.39, 0.29) is 18.2 Å². The van der Waals surface area contributed by atoms with E-state index in [2.05, 4.69) is 4.98 Å². The Labute approximate surface area is 134 Å². The zero-order chi connectivity index (χ0) is 16.2. The molecule has 0 radical (unpaired) electrons. The van der Waals surface area contributed by atoms with Gasteiger partial charge in [-0.25, -0.2) is 4.39 Å². The molecule has 0 bridgehead atoms. The zero-order valence-electron chi connectivity index (χ0n) is 12.9. The Balaban J connectivity index is 2.05. The van der Waals surface area contributed by atoms with Crippen molar-refractivity contribution < 1.29 is 13.9 Å². The van der Waals surface area contributed by atoms with Crippen LogP contribution in [0.25, 0.3) is 22.2 Å². The Morgan fingerprint density at radius 3 is 2.65 bits per heavy atom. The number of carbonyl (C=O) groups excluding carboxylic acids is 1. The molecule has 23 heavy (non-hydrogen) atoms. The predicted molar refractivity (Wildman–Crippen MR) is 88.6 cm³/mol. The highest BCUT2D eigenvalue weighted by Gasteiger charge is 2.16. The van der Waals surface area contributed by atoms with Gasteiger partial charge >= 0.3 is 5.97 Å². The molecular formula is C19H18FNO2. The summed E-state index contributed by atoms with van der Waals surface area (Å²) in [7, 11) is 0. The number of hydrogen-bond acceptors (Lipinski definition) is 2. The second-order valence-corrected chi connectivity index (χ2v) is 5.31. The third-order valence-corrected chi connectivity index (χ3v) is 3.84. The van der Waals surface area contributed by atoms with E-state index in [0.717, 1.165) is 22.2 Å². The minimum Gasteiger partial charge on any atom is -0.466 e. The average molecular weight is 311 g/mol. The molecule has 3 rings (SSSR count). The van der Waals surface area contributed by atoms with Gasteiger partial charge in [0.1, 0.15) is 5.82 Å². The fourth-order valence-electron chi connectivity index (χ4n) is 2.81. The third-order valence-electron chi connectivity index (χ3n) is 3.84. The van der Waals surface area contributed by atoms with Crippen LogP contribution in [0.2, 0.25) is 0 Å². The fraction of sp³-hybridized carbons (Fsp3) is 0.211. The Bertz CT molecular complexity index is 838. The molecule has 0 atom stereocenters. The van der Waals surface area contributed by atoms with Gasteiger partial charge in [0.05, 0.1) is 12.3 Å². The average Bonchev–Trinajstić information content (AvgIpc) is 2.92. The van der Waals surface area contributed by atoms with E-state index in [9.17, 15) is 9.18 Å². The zero-order valence-corrected chi connectivity index (χ0v) is 12.9. The van der Waals surface area contributed by atoms with Crippen molar-refractivity contribution in [3.05, 3.63) is 59.9 Å². The second-order valence-electron chi connectivity index (χ2n) is 5.31. The third kappa shape index (κ3) is 3.11. The molecular weight excluding hydrogens is 293 g/mol. The number of halogens is 1. The number of fused-ring (bicyclic) bond motifs is 1. The summed E-state index contributed by atoms with van der Waals surface area (Å²) in [4.78, 5) is 15.0. The van der Waals surface area contributed by atoms with Crippen molar-refractivity contribution in [2.24, 2.45) is 0 Å². The molecule has 3 aromatic rings. The number of aromatic amines is 1. The number of aryl methyl sites for hydroxylation is 1. The molecule has 118 valence electrons. The predicted octanol–water partition coefficient (Wildman–Crippen LogP) is 4.47. The normalized spacial score (nSPS) is 10.9. The molecule has 0 fully saturated rings. The Kier molecular flexibility index (Phi) is 4.42. The van der Waals surface area contributed by atoms with Gasteiger partial charge in [0.25, 0.3) is 0 Å². The van der Waals surface area contributed by atoms with Crippen LogP contribution in [0.4, 0.5) is 4.39 Å². The van der Waals surface area contributed by atoms with Crippen LogP contribution in [-0.2, 0) is 16.0 Å². The minimum atomic E-state index is -0.281. The van der Waals surface area contributed by atoms with Crippen LogP contribution in [0.15, 0.2) is 48.5 Å². The number of para-hydroxylation sites is 1. The summed E-state index contributed by atoms with van der Waals surface area (Å²) in [5.41, 5.74) is 3.12. The van der Waals surface area contributed by atoms with E-state index in [4.69, 9.17) is 4.74 Å². The smallest absolute Gasteiger partial charge is 0.306 e. The number of hydrogen-bond donors (Lipinski definition) is 1. The van der Waals surface area contributed by atoms with E-state index >= 15 is 0 Å². The molecule has 0 aliphatic heterocycles. The van der Waals surface area contributed by atoms with Crippen LogP contribution in [0.5, 0.6) is 0 Å². The van der Waals surface area contributed by atoms with Crippen LogP contribution >= 0.6 is 0 Å². The number of benzene rings is 2. The molecule has 1 heterocycles. The number of H-pyrrole nitrogens is 1. The van der Waals surface area contributed by atoms with E-state index < -0.39 is 0 Å². The standard InChI is InChI=1S/C19H18FNO2/c1-2-23-18(22)12-11-14-13-7-4-6-10-17(13)21-19(14)15-8-3-5-9-16(15)20/h3-10,21H,2,11-12H2,1H3. The Morgan fingerprint density at radius 1 is 1.13 bits per heavy atom. The maximum atomic E-state index is 14.2. The summed E-state index contributed by atoms with van der Waals surface area (Å²) >= 11 is 0. The van der Waals surface area contributed by atoms with Crippen LogP contribution in [0.3, 0.4) is 0 Å². The molecule has 0 amide bonds. The summed E-state index contributed by atoms with van der Waals surface area (Å²) in [6.45, 7) is 2.15. The summed E-state index contributed by atoms with van der Waals surface area (Å²) < 4.78 is 19.2. The summed E-state index contributed by atoms with van der Waals surface area (Å²) in [6, 6.07) is 14.5. The number of aromatic nitrogens is 1. The van der Waals surface area contributed by atoms with Crippen molar-refractivity contribution in [3.63, 3.8) is 0 Å². The van der Waals surface area contributed by atoms with Crippen molar-refractivity contribution in [2.75, 3.05) is 6.61 Å². The number of carbonyl (C=O) groups is 1. The molecule has 4 heteroatoms. The second kappa shape index (κ2) is 6.65. The number of rotatable bonds is 5. The summed E-state index contributed by atoms with van der Waals surface area (Å²) in [5, 5.41) is 1.01. The SMILES string of the molecule is CCOC(=O)CCc1c(-c2ccccc2F)[nH]c2ccccc12. The molecule has 0 unspecified atom stereocenters. The van der Waals surface area contributed by atoms with Crippen LogP contribution < -0.4 is 0 Å². The Morgan fingerprint density at radius 2 is 1.87 bits per heavy atom. The monoisotopic (exact) mass is 311 g/mol. The summed E-state index contributed by atoms with van der Waals surface area (Å²) in [5.74, 6) is -0.520. The first-order chi connectivity index (χ1) is 11.2. The van der Waals surface area contributed by atoms with Crippen molar-refractivity contribution >= 4 is 16.9 Å². The van der Waals surface area contributed by atoms with Gasteiger partial charge in [-0.1, -0.05) is 30.3 Å². The number of esters is 1. The maximum absolute atomic E-state index is 14.2. The lowest BCUT2D eigenvalue weighted by atomic mass is 10.0. The van der Waals surface area contributed by atoms with Gasteiger partial charge in [-0.3, -0.25) is 4.79 Å². The molecule has 2 aromatic carbocycles. The first-order valence-electron chi connectivity index (χ1n) is 7.70. The van der Waals surface area contributed by atoms with Crippen molar-refractivity contribution in [1.29, 1.82) is 0 Å². The van der Waals surface area contributed by atoms with E-state index in [1.54, 1.807) is 25.1 Å². The lowest BCUT2D eigenvalue weighted by Crippen LogP contribution is -2.05. The fourth-order valence-corrected chi connectivity index (χ4v) is 2.81. The largest absolute Gasteiger partial charge is 0.466 e. The highest BCUT2D eigenvalue weighted by Crippen LogP contribution is 2.32. The molecule has 0 aliphatic rings. The van der Waals surface area contributed by atoms with Gasteiger partial charge in [-0.05, 0) is 37.1 Å². The molecule has 3 nitrogen and oxygen atoms in total. The molecule has 1 aromatic heterocycles. The van der Waals surface area contributed by atoms with Gasteiger partial charge in [0.2, 0.25) is 0 Å². The first kappa shape index (κ1) is 15.3. The topological polar surface area (TPSA) is 42.1 Å². The highest BCUT2D eigenvalue weighted by molar-refractivity contribution is 5.91. The van der Waals surface area contributed by atoms with Gasteiger partial charge in [0.15, 0.2) is 0 Å². The lowest BCUT2D eigenvalue weighted by molar-refractivity contribution is -0.143. The summed E-state index contributed by atoms with van der Waals surface area (Å²) in [6.07, 6.45) is 0.781. The van der Waals surface area contributed by atoms with Crippen LogP contribution in [0.1, 0.15) is 18.9 Å². The van der Waals surface area contributed by atoms with E-state index in [1.807, 2.05) is 24.3 Å². The van der Waals surface area contributed by atoms with Crippen molar-refractivity contribution in [2.45, 2.75) is 19.8 Å². The van der Waals surface area contributed by atoms with Crippen LogP contribution in [-0.4, -0.2) is 17.6 Å². The quantitative estimate of drug-likeness (QED) is 0.706. The number of ether oxygens (including phenoxy) is 1. The van der Waals surface area contributed by atoms with Gasteiger partial charge < -0.3 is 9.72 Å². The van der Waals surface area contributed by atoms with Crippen molar-refractivity contribution in [1.82, 2.24) is 4.98 Å². The highest BCUT2D eigenvalue weighted by atomic mass is 19.1. The molecule has 1 N–H and O–H groups in total. The lowest BCUT2D eigenvalue weighted by Gasteiger charge is -2.06. The first-order valence-corrected chi connectivity index (χ1v) is 7.70. The maximum Gasteiger partial charge on any atom is 0.306 e.